The predicted octanol–water partition coefficient (Wildman–Crippen LogP) is 4.39. The third-order valence-corrected chi connectivity index (χ3v) is 6.34. The highest BCUT2D eigenvalue weighted by Crippen LogP contribution is 2.58. The van der Waals surface area contributed by atoms with Crippen molar-refractivity contribution in [2.24, 2.45) is 0 Å². The highest BCUT2D eigenvalue weighted by Gasteiger charge is 2.66. The Bertz CT molecular complexity index is 1230. The Morgan fingerprint density at radius 1 is 1.07 bits per heavy atom. The van der Waals surface area contributed by atoms with Crippen LogP contribution in [0.25, 0.3) is 22.3 Å². The number of ether oxygens (including phenoxy) is 3. The standard InChI is InChI=1S/C24H22O6/c1-13(25)29-24(4)20-19-17(28-22(20)30-23(24,2)3)11-10-15-16(26)12-18(27-21(15)19)14-8-6-5-7-9-14/h5-12,20,22H,1-4H3. The molecule has 154 valence electrons. The first-order valence-electron chi connectivity index (χ1n) is 9.91. The molecule has 3 aromatic rings. The molecule has 5 rings (SSSR count). The van der Waals surface area contributed by atoms with Crippen LogP contribution in [0, 0.1) is 0 Å². The third-order valence-electron chi connectivity index (χ3n) is 6.34. The van der Waals surface area contributed by atoms with Crippen molar-refractivity contribution in [1.82, 2.24) is 0 Å². The number of fused-ring (bicyclic) bond motifs is 5. The summed E-state index contributed by atoms with van der Waals surface area (Å²) in [5.74, 6) is 0.191. The van der Waals surface area contributed by atoms with Gasteiger partial charge in [-0.3, -0.25) is 9.59 Å². The molecular formula is C24H22O6. The predicted molar refractivity (Wildman–Crippen MR) is 110 cm³/mol. The second-order valence-electron chi connectivity index (χ2n) is 8.49. The molecule has 0 spiro atoms. The lowest BCUT2D eigenvalue weighted by molar-refractivity contribution is -0.178. The largest absolute Gasteiger partial charge is 0.464 e. The number of benzene rings is 2. The maximum Gasteiger partial charge on any atom is 0.303 e. The normalized spacial score (nSPS) is 26.1. The van der Waals surface area contributed by atoms with Crippen molar-refractivity contribution in [1.29, 1.82) is 0 Å². The first-order chi connectivity index (χ1) is 14.2. The van der Waals surface area contributed by atoms with Crippen molar-refractivity contribution in [3.05, 3.63) is 64.3 Å². The molecule has 0 aliphatic carbocycles. The van der Waals surface area contributed by atoms with Gasteiger partial charge in [-0.25, -0.2) is 0 Å². The molecule has 0 bridgehead atoms. The molecule has 6 nitrogen and oxygen atoms in total. The fourth-order valence-corrected chi connectivity index (χ4v) is 4.59. The summed E-state index contributed by atoms with van der Waals surface area (Å²) in [5.41, 5.74) is -0.0213. The second kappa shape index (κ2) is 6.19. The quantitative estimate of drug-likeness (QED) is 0.588. The van der Waals surface area contributed by atoms with Crippen LogP contribution < -0.4 is 10.2 Å². The van der Waals surface area contributed by atoms with E-state index in [9.17, 15) is 9.59 Å². The van der Waals surface area contributed by atoms with Gasteiger partial charge in [-0.15, -0.1) is 0 Å². The molecule has 2 aliphatic rings. The van der Waals surface area contributed by atoms with E-state index in [2.05, 4.69) is 0 Å². The fourth-order valence-electron chi connectivity index (χ4n) is 4.59. The molecule has 0 radical (unpaired) electrons. The smallest absolute Gasteiger partial charge is 0.303 e. The summed E-state index contributed by atoms with van der Waals surface area (Å²) in [6, 6.07) is 14.4. The van der Waals surface area contributed by atoms with Gasteiger partial charge in [0.05, 0.1) is 16.9 Å². The molecule has 2 aliphatic heterocycles. The Balaban J connectivity index is 1.77. The number of rotatable bonds is 2. The van der Waals surface area contributed by atoms with E-state index in [4.69, 9.17) is 18.6 Å². The van der Waals surface area contributed by atoms with Gasteiger partial charge in [-0.1, -0.05) is 30.3 Å². The van der Waals surface area contributed by atoms with Gasteiger partial charge in [0.2, 0.25) is 6.29 Å². The molecule has 1 aromatic heterocycles. The van der Waals surface area contributed by atoms with Crippen LogP contribution >= 0.6 is 0 Å². The minimum Gasteiger partial charge on any atom is -0.464 e. The summed E-state index contributed by atoms with van der Waals surface area (Å²) in [7, 11) is 0. The number of carbonyl (C=O) groups is 1. The summed E-state index contributed by atoms with van der Waals surface area (Å²) in [6.07, 6.45) is -0.643. The van der Waals surface area contributed by atoms with E-state index in [1.807, 2.05) is 51.1 Å². The van der Waals surface area contributed by atoms with E-state index in [0.29, 0.717) is 28.0 Å². The lowest BCUT2D eigenvalue weighted by Crippen LogP contribution is -2.50. The Morgan fingerprint density at radius 3 is 2.50 bits per heavy atom. The van der Waals surface area contributed by atoms with Crippen LogP contribution in [0.4, 0.5) is 0 Å². The van der Waals surface area contributed by atoms with Crippen LogP contribution in [0.1, 0.15) is 39.2 Å². The molecule has 0 saturated carbocycles. The summed E-state index contributed by atoms with van der Waals surface area (Å²) in [6.45, 7) is 6.96. The monoisotopic (exact) mass is 406 g/mol. The first-order valence-corrected chi connectivity index (χ1v) is 9.91. The molecule has 1 saturated heterocycles. The summed E-state index contributed by atoms with van der Waals surface area (Å²) >= 11 is 0. The first kappa shape index (κ1) is 18.9. The van der Waals surface area contributed by atoms with Gasteiger partial charge in [0, 0.05) is 18.6 Å². The van der Waals surface area contributed by atoms with Crippen molar-refractivity contribution >= 4 is 16.9 Å². The van der Waals surface area contributed by atoms with E-state index in [0.717, 1.165) is 5.56 Å². The van der Waals surface area contributed by atoms with E-state index < -0.39 is 29.4 Å². The molecule has 3 heterocycles. The zero-order chi connectivity index (χ0) is 21.3. The van der Waals surface area contributed by atoms with Crippen LogP contribution in [0.5, 0.6) is 5.75 Å². The van der Waals surface area contributed by atoms with E-state index in [1.165, 1.54) is 13.0 Å². The Morgan fingerprint density at radius 2 is 1.80 bits per heavy atom. The van der Waals surface area contributed by atoms with E-state index in [1.54, 1.807) is 12.1 Å². The molecule has 3 atom stereocenters. The van der Waals surface area contributed by atoms with Crippen LogP contribution in [-0.2, 0) is 14.3 Å². The number of esters is 1. The molecule has 0 amide bonds. The third kappa shape index (κ3) is 2.53. The zero-order valence-electron chi connectivity index (χ0n) is 17.2. The van der Waals surface area contributed by atoms with Gasteiger partial charge in [0.1, 0.15) is 22.7 Å². The van der Waals surface area contributed by atoms with Gasteiger partial charge >= 0.3 is 5.97 Å². The fraction of sp³-hybridized carbons (Fsp3) is 0.333. The van der Waals surface area contributed by atoms with E-state index >= 15 is 0 Å². The minimum atomic E-state index is -1.01. The topological polar surface area (TPSA) is 75.0 Å². The molecule has 0 N–H and O–H groups in total. The molecule has 2 aromatic carbocycles. The zero-order valence-corrected chi connectivity index (χ0v) is 17.2. The molecular weight excluding hydrogens is 384 g/mol. The Labute approximate surface area is 173 Å². The van der Waals surface area contributed by atoms with E-state index in [-0.39, 0.29) is 5.43 Å². The average molecular weight is 406 g/mol. The maximum absolute atomic E-state index is 12.9. The van der Waals surface area contributed by atoms with Crippen LogP contribution in [0.15, 0.2) is 57.7 Å². The second-order valence-corrected chi connectivity index (χ2v) is 8.49. The minimum absolute atomic E-state index is 0.145. The van der Waals surface area contributed by atoms with Crippen LogP contribution in [-0.4, -0.2) is 23.5 Å². The van der Waals surface area contributed by atoms with Crippen LogP contribution in [0.2, 0.25) is 0 Å². The number of carbonyl (C=O) groups excluding carboxylic acids is 1. The lowest BCUT2D eigenvalue weighted by atomic mass is 9.76. The molecule has 1 fully saturated rings. The number of hydrogen-bond acceptors (Lipinski definition) is 6. The van der Waals surface area contributed by atoms with Crippen LogP contribution in [0.3, 0.4) is 0 Å². The molecule has 30 heavy (non-hydrogen) atoms. The Hall–Kier alpha value is -3.12. The van der Waals surface area contributed by atoms with Crippen molar-refractivity contribution in [3.63, 3.8) is 0 Å². The van der Waals surface area contributed by atoms with Crippen molar-refractivity contribution in [3.8, 4) is 17.1 Å². The molecule has 6 heteroatoms. The van der Waals surface area contributed by atoms with Gasteiger partial charge in [0.25, 0.3) is 0 Å². The lowest BCUT2D eigenvalue weighted by Gasteiger charge is -2.38. The summed E-state index contributed by atoms with van der Waals surface area (Å²) in [4.78, 5) is 24.9. The van der Waals surface area contributed by atoms with Gasteiger partial charge in [-0.2, -0.15) is 0 Å². The average Bonchev–Trinajstić information content (AvgIpc) is 3.13. The van der Waals surface area contributed by atoms with Crippen molar-refractivity contribution < 1.29 is 23.4 Å². The SMILES string of the molecule is CC(=O)OC1(C)C2c3c(ccc4c(=O)cc(-c5ccccc5)oc34)OC2OC1(C)C. The summed E-state index contributed by atoms with van der Waals surface area (Å²) in [5, 5.41) is 0.451. The van der Waals surface area contributed by atoms with Gasteiger partial charge in [-0.05, 0) is 32.9 Å². The van der Waals surface area contributed by atoms with Gasteiger partial charge in [0.15, 0.2) is 11.0 Å². The Kier molecular flexibility index (Phi) is 3.89. The highest BCUT2D eigenvalue weighted by atomic mass is 16.7. The maximum atomic E-state index is 12.9. The van der Waals surface area contributed by atoms with Crippen molar-refractivity contribution in [2.75, 3.05) is 0 Å². The molecule has 3 unspecified atom stereocenters. The van der Waals surface area contributed by atoms with Gasteiger partial charge < -0.3 is 18.6 Å². The highest BCUT2D eigenvalue weighted by molar-refractivity contribution is 5.85. The van der Waals surface area contributed by atoms with Crippen molar-refractivity contribution in [2.45, 2.75) is 51.1 Å². The number of hydrogen-bond donors (Lipinski definition) is 0. The summed E-state index contributed by atoms with van der Waals surface area (Å²) < 4.78 is 24.3.